The summed E-state index contributed by atoms with van der Waals surface area (Å²) in [4.78, 5) is 24.9. The highest BCUT2D eigenvalue weighted by Gasteiger charge is 2.22. The van der Waals surface area contributed by atoms with Gasteiger partial charge in [-0.2, -0.15) is 0 Å². The van der Waals surface area contributed by atoms with Gasteiger partial charge in [-0.15, -0.1) is 23.5 Å². The molecule has 1 aliphatic rings. The van der Waals surface area contributed by atoms with Gasteiger partial charge in [0.2, 0.25) is 0 Å². The maximum Gasteiger partial charge on any atom is 0.338 e. The topological polar surface area (TPSA) is 55.4 Å². The molecule has 0 aliphatic carbocycles. The monoisotopic (exact) mass is 415 g/mol. The van der Waals surface area contributed by atoms with E-state index in [1.54, 1.807) is 19.1 Å². The molecule has 1 amide bonds. The molecule has 2 aromatic rings. The lowest BCUT2D eigenvalue weighted by atomic mass is 10.0. The number of rotatable bonds is 6. The van der Waals surface area contributed by atoms with Crippen LogP contribution in [-0.2, 0) is 9.53 Å². The van der Waals surface area contributed by atoms with Gasteiger partial charge in [0.25, 0.3) is 5.91 Å². The van der Waals surface area contributed by atoms with E-state index in [1.807, 2.05) is 59.9 Å². The minimum absolute atomic E-state index is 0.282. The summed E-state index contributed by atoms with van der Waals surface area (Å²) in [6, 6.07) is 15.2. The van der Waals surface area contributed by atoms with Gasteiger partial charge in [0.15, 0.2) is 6.10 Å². The van der Waals surface area contributed by atoms with Crippen LogP contribution in [0.2, 0.25) is 0 Å². The number of carbonyl (C=O) groups excluding carboxylic acids is 2. The van der Waals surface area contributed by atoms with Crippen LogP contribution in [0.3, 0.4) is 0 Å². The van der Waals surface area contributed by atoms with E-state index in [-0.39, 0.29) is 11.8 Å². The van der Waals surface area contributed by atoms with Crippen molar-refractivity contribution in [3.05, 3.63) is 65.2 Å². The van der Waals surface area contributed by atoms with Gasteiger partial charge in [-0.1, -0.05) is 44.2 Å². The largest absolute Gasteiger partial charge is 0.449 e. The maximum atomic E-state index is 12.5. The van der Waals surface area contributed by atoms with Crippen molar-refractivity contribution in [2.75, 3.05) is 16.8 Å². The quantitative estimate of drug-likeness (QED) is 0.634. The Kier molecular flexibility index (Phi) is 7.08. The second-order valence-electron chi connectivity index (χ2n) is 6.97. The molecule has 0 radical (unpaired) electrons. The first-order valence-corrected chi connectivity index (χ1v) is 11.5. The number of para-hydroxylation sites is 1. The van der Waals surface area contributed by atoms with E-state index in [4.69, 9.17) is 4.74 Å². The first-order valence-electron chi connectivity index (χ1n) is 9.39. The Morgan fingerprint density at radius 3 is 2.29 bits per heavy atom. The summed E-state index contributed by atoms with van der Waals surface area (Å²) in [6.07, 6.45) is -0.881. The Morgan fingerprint density at radius 1 is 1.00 bits per heavy atom. The van der Waals surface area contributed by atoms with Crippen molar-refractivity contribution in [3.8, 4) is 0 Å². The summed E-state index contributed by atoms with van der Waals surface area (Å²) in [5.74, 6) is 1.77. The summed E-state index contributed by atoms with van der Waals surface area (Å²) in [5.41, 5.74) is 3.47. The molecule has 1 aliphatic heterocycles. The minimum Gasteiger partial charge on any atom is -0.449 e. The standard InChI is InChI=1S/C22H25NO3S2/c1-14(2)18-6-4-5-7-19(18)23-20(24)15(3)26-21(25)16-8-10-17(11-9-16)22-27-12-13-28-22/h4-11,14-15,22H,12-13H2,1-3H3,(H,23,24)/t15-/m1/s1. The molecule has 6 heteroatoms. The molecule has 3 rings (SSSR count). The number of ether oxygens (including phenoxy) is 1. The number of nitrogens with one attached hydrogen (secondary N) is 1. The second kappa shape index (κ2) is 9.52. The van der Waals surface area contributed by atoms with Crippen LogP contribution < -0.4 is 5.32 Å². The summed E-state index contributed by atoms with van der Waals surface area (Å²) >= 11 is 3.84. The Morgan fingerprint density at radius 2 is 1.64 bits per heavy atom. The van der Waals surface area contributed by atoms with Crippen molar-refractivity contribution in [2.45, 2.75) is 37.4 Å². The number of anilines is 1. The van der Waals surface area contributed by atoms with Crippen molar-refractivity contribution in [2.24, 2.45) is 0 Å². The third-order valence-electron chi connectivity index (χ3n) is 4.53. The summed E-state index contributed by atoms with van der Waals surface area (Å²) in [5, 5.41) is 2.87. The average Bonchev–Trinajstić information content (AvgIpc) is 3.23. The Bertz CT molecular complexity index is 830. The van der Waals surface area contributed by atoms with E-state index in [0.29, 0.717) is 10.1 Å². The van der Waals surface area contributed by atoms with Crippen molar-refractivity contribution >= 4 is 41.1 Å². The minimum atomic E-state index is -0.881. The van der Waals surface area contributed by atoms with E-state index in [0.717, 1.165) is 22.8 Å². The zero-order valence-electron chi connectivity index (χ0n) is 16.3. The number of hydrogen-bond donors (Lipinski definition) is 1. The van der Waals surface area contributed by atoms with Crippen LogP contribution in [0, 0.1) is 0 Å². The van der Waals surface area contributed by atoms with Gasteiger partial charge < -0.3 is 10.1 Å². The first kappa shape index (κ1) is 20.8. The lowest BCUT2D eigenvalue weighted by Crippen LogP contribution is -2.30. The van der Waals surface area contributed by atoms with E-state index in [2.05, 4.69) is 19.2 Å². The van der Waals surface area contributed by atoms with Crippen LogP contribution >= 0.6 is 23.5 Å². The fourth-order valence-corrected chi connectivity index (χ4v) is 5.82. The molecule has 148 valence electrons. The highest BCUT2D eigenvalue weighted by atomic mass is 32.2. The van der Waals surface area contributed by atoms with E-state index >= 15 is 0 Å². The number of esters is 1. The predicted molar refractivity (Wildman–Crippen MR) is 118 cm³/mol. The van der Waals surface area contributed by atoms with Crippen molar-refractivity contribution in [1.29, 1.82) is 0 Å². The van der Waals surface area contributed by atoms with Crippen LogP contribution in [0.15, 0.2) is 48.5 Å². The fraction of sp³-hybridized carbons (Fsp3) is 0.364. The molecule has 4 nitrogen and oxygen atoms in total. The van der Waals surface area contributed by atoms with Gasteiger partial charge in [-0.3, -0.25) is 4.79 Å². The lowest BCUT2D eigenvalue weighted by molar-refractivity contribution is -0.123. The Hall–Kier alpha value is -1.92. The molecule has 1 fully saturated rings. The van der Waals surface area contributed by atoms with Gasteiger partial charge in [-0.05, 0) is 42.2 Å². The molecule has 1 saturated heterocycles. The van der Waals surface area contributed by atoms with Crippen LogP contribution in [0.1, 0.15) is 52.8 Å². The third-order valence-corrected chi connectivity index (χ3v) is 7.64. The van der Waals surface area contributed by atoms with E-state index in [1.165, 1.54) is 5.56 Å². The molecule has 0 spiro atoms. The van der Waals surface area contributed by atoms with Crippen LogP contribution in [-0.4, -0.2) is 29.5 Å². The molecule has 28 heavy (non-hydrogen) atoms. The molecule has 0 bridgehead atoms. The first-order chi connectivity index (χ1) is 13.5. The zero-order valence-corrected chi connectivity index (χ0v) is 17.9. The normalized spacial score (nSPS) is 15.4. The molecule has 1 N–H and O–H groups in total. The molecule has 0 unspecified atom stereocenters. The van der Waals surface area contributed by atoms with Crippen molar-refractivity contribution in [3.63, 3.8) is 0 Å². The molecule has 0 saturated carbocycles. The van der Waals surface area contributed by atoms with Crippen LogP contribution in [0.25, 0.3) is 0 Å². The number of benzene rings is 2. The Labute approximate surface area is 174 Å². The molecule has 1 heterocycles. The average molecular weight is 416 g/mol. The number of carbonyl (C=O) groups is 2. The second-order valence-corrected chi connectivity index (χ2v) is 9.70. The summed E-state index contributed by atoms with van der Waals surface area (Å²) < 4.78 is 5.82. The highest BCUT2D eigenvalue weighted by molar-refractivity contribution is 8.19. The van der Waals surface area contributed by atoms with Crippen LogP contribution in [0.5, 0.6) is 0 Å². The number of thioether (sulfide) groups is 2. The third kappa shape index (κ3) is 5.11. The van der Waals surface area contributed by atoms with Crippen LogP contribution in [0.4, 0.5) is 5.69 Å². The van der Waals surface area contributed by atoms with Crippen molar-refractivity contribution < 1.29 is 14.3 Å². The zero-order chi connectivity index (χ0) is 20.1. The van der Waals surface area contributed by atoms with E-state index < -0.39 is 12.1 Å². The summed E-state index contributed by atoms with van der Waals surface area (Å²) in [6.45, 7) is 5.73. The van der Waals surface area contributed by atoms with E-state index in [9.17, 15) is 9.59 Å². The smallest absolute Gasteiger partial charge is 0.338 e. The number of amides is 1. The SMILES string of the molecule is CC(C)c1ccccc1NC(=O)[C@@H](C)OC(=O)c1ccc(C2SCCS2)cc1. The molecule has 2 aromatic carbocycles. The fourth-order valence-electron chi connectivity index (χ4n) is 2.96. The summed E-state index contributed by atoms with van der Waals surface area (Å²) in [7, 11) is 0. The van der Waals surface area contributed by atoms with Gasteiger partial charge >= 0.3 is 5.97 Å². The molecule has 1 atom stereocenters. The lowest BCUT2D eigenvalue weighted by Gasteiger charge is -2.17. The van der Waals surface area contributed by atoms with Gasteiger partial charge in [-0.25, -0.2) is 4.79 Å². The highest BCUT2D eigenvalue weighted by Crippen LogP contribution is 2.45. The predicted octanol–water partition coefficient (Wildman–Crippen LogP) is 5.47. The van der Waals surface area contributed by atoms with Crippen molar-refractivity contribution in [1.82, 2.24) is 0 Å². The Balaban J connectivity index is 1.60. The van der Waals surface area contributed by atoms with Gasteiger partial charge in [0, 0.05) is 17.2 Å². The van der Waals surface area contributed by atoms with Gasteiger partial charge in [0.1, 0.15) is 0 Å². The molecular weight excluding hydrogens is 390 g/mol. The van der Waals surface area contributed by atoms with Gasteiger partial charge in [0.05, 0.1) is 10.1 Å². The number of hydrogen-bond acceptors (Lipinski definition) is 5. The maximum absolute atomic E-state index is 12.5. The molecule has 0 aromatic heterocycles. The molecular formula is C22H25NO3S2.